The Hall–Kier alpha value is -1.50. The molecule has 6 nitrogen and oxygen atoms in total. The summed E-state index contributed by atoms with van der Waals surface area (Å²) in [5.41, 5.74) is 0.559. The summed E-state index contributed by atoms with van der Waals surface area (Å²) in [6.07, 6.45) is 0.828. The van der Waals surface area contributed by atoms with Crippen molar-refractivity contribution in [3.8, 4) is 11.5 Å². The Morgan fingerprint density at radius 2 is 2.13 bits per heavy atom. The minimum absolute atomic E-state index is 0.0739. The van der Waals surface area contributed by atoms with Crippen LogP contribution >= 0.6 is 11.6 Å². The van der Waals surface area contributed by atoms with E-state index in [1.165, 1.54) is 0 Å². The highest BCUT2D eigenvalue weighted by molar-refractivity contribution is 6.34. The van der Waals surface area contributed by atoms with Crippen LogP contribution < -0.4 is 20.1 Å². The van der Waals surface area contributed by atoms with E-state index in [9.17, 15) is 4.79 Å². The zero-order valence-electron chi connectivity index (χ0n) is 13.2. The zero-order chi connectivity index (χ0) is 16.2. The van der Waals surface area contributed by atoms with E-state index in [-0.39, 0.29) is 5.91 Å². The van der Waals surface area contributed by atoms with Crippen molar-refractivity contribution < 1.29 is 14.3 Å². The summed E-state index contributed by atoms with van der Waals surface area (Å²) >= 11 is 6.26. The molecule has 0 aliphatic carbocycles. The Morgan fingerprint density at radius 1 is 1.39 bits per heavy atom. The van der Waals surface area contributed by atoms with Crippen LogP contribution in [0.3, 0.4) is 0 Å². The molecule has 1 aromatic carbocycles. The van der Waals surface area contributed by atoms with E-state index in [2.05, 4.69) is 22.5 Å². The SMILES string of the molecule is C[C@@H]1CNCCN1CC(=O)Nc1cc2c(cc1Cl)OCCCO2. The van der Waals surface area contributed by atoms with Crippen molar-refractivity contribution in [1.29, 1.82) is 0 Å². The van der Waals surface area contributed by atoms with E-state index < -0.39 is 0 Å². The van der Waals surface area contributed by atoms with Crippen LogP contribution in [0.15, 0.2) is 12.1 Å². The van der Waals surface area contributed by atoms with Gasteiger partial charge < -0.3 is 20.1 Å². The number of piperazine rings is 1. The average molecular weight is 340 g/mol. The summed E-state index contributed by atoms with van der Waals surface area (Å²) in [6.45, 7) is 6.34. The highest BCUT2D eigenvalue weighted by Gasteiger charge is 2.21. The van der Waals surface area contributed by atoms with Crippen molar-refractivity contribution in [1.82, 2.24) is 10.2 Å². The summed E-state index contributed by atoms with van der Waals surface area (Å²) in [4.78, 5) is 14.5. The number of benzene rings is 1. The van der Waals surface area contributed by atoms with Gasteiger partial charge in [0.1, 0.15) is 0 Å². The molecule has 2 aliphatic rings. The first-order chi connectivity index (χ1) is 11.1. The molecule has 1 fully saturated rings. The Labute approximate surface area is 141 Å². The number of halogens is 1. The number of nitrogens with one attached hydrogen (secondary N) is 2. The highest BCUT2D eigenvalue weighted by atomic mass is 35.5. The van der Waals surface area contributed by atoms with Gasteiger partial charge >= 0.3 is 0 Å². The van der Waals surface area contributed by atoms with E-state index in [1.54, 1.807) is 12.1 Å². The number of ether oxygens (including phenoxy) is 2. The Kier molecular flexibility index (Phi) is 5.25. The van der Waals surface area contributed by atoms with Crippen LogP contribution in [0, 0.1) is 0 Å². The monoisotopic (exact) mass is 339 g/mol. The number of carbonyl (C=O) groups excluding carboxylic acids is 1. The van der Waals surface area contributed by atoms with Gasteiger partial charge in [-0.15, -0.1) is 0 Å². The molecule has 126 valence electrons. The van der Waals surface area contributed by atoms with Gasteiger partial charge in [0.05, 0.1) is 30.5 Å². The van der Waals surface area contributed by atoms with Gasteiger partial charge in [0.25, 0.3) is 0 Å². The molecule has 1 amide bonds. The zero-order valence-corrected chi connectivity index (χ0v) is 14.0. The van der Waals surface area contributed by atoms with E-state index in [1.807, 2.05) is 0 Å². The Bertz CT molecular complexity index is 582. The van der Waals surface area contributed by atoms with Gasteiger partial charge in [-0.3, -0.25) is 9.69 Å². The summed E-state index contributed by atoms with van der Waals surface area (Å²) < 4.78 is 11.2. The largest absolute Gasteiger partial charge is 0.490 e. The number of rotatable bonds is 3. The molecule has 1 saturated heterocycles. The van der Waals surface area contributed by atoms with Crippen LogP contribution in [0.5, 0.6) is 11.5 Å². The first-order valence-corrected chi connectivity index (χ1v) is 8.35. The van der Waals surface area contributed by atoms with Crippen molar-refractivity contribution in [2.45, 2.75) is 19.4 Å². The maximum atomic E-state index is 12.3. The van der Waals surface area contributed by atoms with Crippen molar-refractivity contribution in [3.63, 3.8) is 0 Å². The molecular formula is C16H22ClN3O3. The number of nitrogens with zero attached hydrogens (tertiary/aromatic N) is 1. The second kappa shape index (κ2) is 7.38. The van der Waals surface area contributed by atoms with Gasteiger partial charge in [-0.25, -0.2) is 0 Å². The van der Waals surface area contributed by atoms with Gasteiger partial charge in [0.2, 0.25) is 5.91 Å². The molecule has 0 unspecified atom stereocenters. The molecule has 23 heavy (non-hydrogen) atoms. The van der Waals surface area contributed by atoms with E-state index in [0.717, 1.165) is 26.1 Å². The number of hydrogen-bond donors (Lipinski definition) is 2. The molecule has 0 bridgehead atoms. The van der Waals surface area contributed by atoms with Crippen molar-refractivity contribution in [3.05, 3.63) is 17.2 Å². The maximum Gasteiger partial charge on any atom is 0.238 e. The summed E-state index contributed by atoms with van der Waals surface area (Å²) in [5, 5.41) is 6.65. The summed E-state index contributed by atoms with van der Waals surface area (Å²) in [5.74, 6) is 1.18. The Morgan fingerprint density at radius 3 is 2.87 bits per heavy atom. The lowest BCUT2D eigenvalue weighted by molar-refractivity contribution is -0.118. The molecule has 3 rings (SSSR count). The molecular weight excluding hydrogens is 318 g/mol. The smallest absolute Gasteiger partial charge is 0.238 e. The number of carbonyl (C=O) groups is 1. The third-order valence-electron chi connectivity index (χ3n) is 4.10. The summed E-state index contributed by atoms with van der Waals surface area (Å²) in [7, 11) is 0. The molecule has 0 radical (unpaired) electrons. The molecule has 2 heterocycles. The first kappa shape index (κ1) is 16.4. The van der Waals surface area contributed by atoms with E-state index >= 15 is 0 Å². The fourth-order valence-electron chi connectivity index (χ4n) is 2.77. The van der Waals surface area contributed by atoms with Crippen LogP contribution in [0.2, 0.25) is 5.02 Å². The molecule has 1 atom stereocenters. The summed E-state index contributed by atoms with van der Waals surface area (Å²) in [6, 6.07) is 3.78. The minimum atomic E-state index is -0.0739. The van der Waals surface area contributed by atoms with Crippen molar-refractivity contribution in [2.24, 2.45) is 0 Å². The molecule has 7 heteroatoms. The average Bonchev–Trinajstić information content (AvgIpc) is 2.75. The van der Waals surface area contributed by atoms with E-state index in [0.29, 0.717) is 48.0 Å². The Balaban J connectivity index is 1.67. The van der Waals surface area contributed by atoms with Crippen LogP contribution in [0.1, 0.15) is 13.3 Å². The van der Waals surface area contributed by atoms with Crippen LogP contribution in [-0.4, -0.2) is 56.2 Å². The topological polar surface area (TPSA) is 62.8 Å². The lowest BCUT2D eigenvalue weighted by Gasteiger charge is -2.33. The first-order valence-electron chi connectivity index (χ1n) is 7.97. The fraction of sp³-hybridized carbons (Fsp3) is 0.562. The van der Waals surface area contributed by atoms with Gasteiger partial charge in [0.15, 0.2) is 11.5 Å². The number of hydrogen-bond acceptors (Lipinski definition) is 5. The highest BCUT2D eigenvalue weighted by Crippen LogP contribution is 2.37. The minimum Gasteiger partial charge on any atom is -0.490 e. The van der Waals surface area contributed by atoms with E-state index in [4.69, 9.17) is 21.1 Å². The third-order valence-corrected chi connectivity index (χ3v) is 4.41. The lowest BCUT2D eigenvalue weighted by atomic mass is 10.2. The quantitative estimate of drug-likeness (QED) is 0.878. The van der Waals surface area contributed by atoms with Crippen LogP contribution in [0.4, 0.5) is 5.69 Å². The number of fused-ring (bicyclic) bond motifs is 1. The molecule has 0 spiro atoms. The normalized spacial score (nSPS) is 21.6. The molecule has 0 aromatic heterocycles. The predicted octanol–water partition coefficient (Wildman–Crippen LogP) is 1.73. The second-order valence-corrected chi connectivity index (χ2v) is 6.31. The predicted molar refractivity (Wildman–Crippen MR) is 89.6 cm³/mol. The fourth-order valence-corrected chi connectivity index (χ4v) is 2.97. The number of anilines is 1. The van der Waals surface area contributed by atoms with Crippen LogP contribution in [0.25, 0.3) is 0 Å². The molecule has 2 N–H and O–H groups in total. The van der Waals surface area contributed by atoms with Crippen molar-refractivity contribution in [2.75, 3.05) is 44.7 Å². The maximum absolute atomic E-state index is 12.3. The van der Waals surface area contributed by atoms with Gasteiger partial charge in [-0.2, -0.15) is 0 Å². The third kappa shape index (κ3) is 4.07. The lowest BCUT2D eigenvalue weighted by Crippen LogP contribution is -2.51. The molecule has 2 aliphatic heterocycles. The second-order valence-electron chi connectivity index (χ2n) is 5.90. The molecule has 0 saturated carbocycles. The van der Waals surface area contributed by atoms with Crippen molar-refractivity contribution >= 4 is 23.2 Å². The standard InChI is InChI=1S/C16H22ClN3O3/c1-11-9-18-3-4-20(11)10-16(21)19-13-8-15-14(7-12(13)17)22-5-2-6-23-15/h7-8,11,18H,2-6,9-10H2,1H3,(H,19,21)/t11-/m1/s1. The van der Waals surface area contributed by atoms with Crippen LogP contribution in [-0.2, 0) is 4.79 Å². The van der Waals surface area contributed by atoms with Gasteiger partial charge in [-0.1, -0.05) is 11.6 Å². The van der Waals surface area contributed by atoms with Gasteiger partial charge in [-0.05, 0) is 6.92 Å². The van der Waals surface area contributed by atoms with Gasteiger partial charge in [0, 0.05) is 44.2 Å². The number of amides is 1. The molecule has 1 aromatic rings.